The number of alkyl carbamates (subject to hydrolysis) is 2. The highest BCUT2D eigenvalue weighted by Crippen LogP contribution is 2.49. The summed E-state index contributed by atoms with van der Waals surface area (Å²) in [5.41, 5.74) is -5.24. The van der Waals surface area contributed by atoms with Crippen molar-refractivity contribution >= 4 is 34.1 Å². The van der Waals surface area contributed by atoms with Crippen LogP contribution >= 0.6 is 0 Å². The van der Waals surface area contributed by atoms with Crippen molar-refractivity contribution in [1.82, 2.24) is 15.4 Å². The maximum Gasteiger partial charge on any atom is 0.408 e. The summed E-state index contributed by atoms with van der Waals surface area (Å²) in [6.07, 6.45) is -7.12. The molecule has 0 heterocycles. The lowest BCUT2D eigenvalue weighted by atomic mass is 10.2. The Labute approximate surface area is 242 Å². The topological polar surface area (TPSA) is 166 Å². The maximum atomic E-state index is 12.9. The van der Waals surface area contributed by atoms with Crippen LogP contribution in [0.5, 0.6) is 0 Å². The minimum atomic E-state index is -3.89. The van der Waals surface area contributed by atoms with Gasteiger partial charge >= 0.3 is 18.2 Å². The van der Waals surface area contributed by atoms with Gasteiger partial charge in [0.2, 0.25) is 22.9 Å². The lowest BCUT2D eigenvalue weighted by Gasteiger charge is -2.23. The molecule has 3 rings (SSSR count). The van der Waals surface area contributed by atoms with Crippen molar-refractivity contribution in [3.63, 3.8) is 0 Å². The van der Waals surface area contributed by atoms with Crippen molar-refractivity contribution in [1.29, 1.82) is 0 Å². The van der Waals surface area contributed by atoms with Gasteiger partial charge in [0.25, 0.3) is 5.91 Å². The van der Waals surface area contributed by atoms with Crippen LogP contribution in [0.25, 0.3) is 0 Å². The van der Waals surface area contributed by atoms with Crippen LogP contribution in [0.3, 0.4) is 0 Å². The molecule has 17 heteroatoms. The minimum Gasteiger partial charge on any atom is -0.464 e. The Balaban J connectivity index is 0.000000299. The van der Waals surface area contributed by atoms with Crippen LogP contribution < -0.4 is 15.4 Å². The fourth-order valence-corrected chi connectivity index (χ4v) is 5.35. The molecule has 3 amide bonds. The number of sulfonamides is 1. The van der Waals surface area contributed by atoms with E-state index >= 15 is 0 Å². The van der Waals surface area contributed by atoms with Crippen molar-refractivity contribution < 1.29 is 59.4 Å². The number of carbonyl (C=O) groups excluding carboxylic acids is 4. The third-order valence-corrected chi connectivity index (χ3v) is 8.15. The third kappa shape index (κ3) is 9.33. The predicted molar refractivity (Wildman–Crippen MR) is 139 cm³/mol. The molecule has 0 unspecified atom stereocenters. The maximum absolute atomic E-state index is 12.9. The van der Waals surface area contributed by atoms with E-state index in [4.69, 9.17) is 14.2 Å². The molecule has 0 radical (unpaired) electrons. The van der Waals surface area contributed by atoms with Crippen LogP contribution in [0, 0.1) is 11.8 Å². The summed E-state index contributed by atoms with van der Waals surface area (Å²) in [6, 6.07) is 0. The van der Waals surface area contributed by atoms with E-state index in [0.29, 0.717) is 12.8 Å². The Bertz CT molecular complexity index is 1150. The molecule has 3 saturated carbocycles. The highest BCUT2D eigenvalue weighted by atomic mass is 32.2. The first-order chi connectivity index (χ1) is 19.0. The van der Waals surface area contributed by atoms with Gasteiger partial charge in [0, 0.05) is 0 Å². The molecule has 0 aromatic carbocycles. The summed E-state index contributed by atoms with van der Waals surface area (Å²) in [4.78, 5) is 47.3. The smallest absolute Gasteiger partial charge is 0.408 e. The van der Waals surface area contributed by atoms with Crippen LogP contribution in [0.1, 0.15) is 74.1 Å². The molecule has 42 heavy (non-hydrogen) atoms. The van der Waals surface area contributed by atoms with Gasteiger partial charge in [-0.2, -0.15) is 0 Å². The molecule has 4 atom stereocenters. The van der Waals surface area contributed by atoms with Gasteiger partial charge in [-0.05, 0) is 74.1 Å². The number of alkyl halides is 4. The van der Waals surface area contributed by atoms with Gasteiger partial charge < -0.3 is 24.8 Å². The van der Waals surface area contributed by atoms with Crippen LogP contribution in [0.4, 0.5) is 27.2 Å². The van der Waals surface area contributed by atoms with Crippen molar-refractivity contribution in [3.05, 3.63) is 0 Å². The predicted octanol–water partition coefficient (Wildman–Crippen LogP) is 3.24. The van der Waals surface area contributed by atoms with Gasteiger partial charge in [-0.3, -0.25) is 9.52 Å². The number of rotatable bonds is 9. The number of hydrogen-bond donors (Lipinski definition) is 3. The normalized spacial score (nSPS) is 26.8. The van der Waals surface area contributed by atoms with Crippen LogP contribution in [-0.2, 0) is 33.8 Å². The number of carbonyl (C=O) groups is 4. The van der Waals surface area contributed by atoms with Gasteiger partial charge in [-0.15, -0.1) is 0 Å². The van der Waals surface area contributed by atoms with E-state index in [-0.39, 0.29) is 19.4 Å². The fraction of sp³-hybridized carbons (Fsp3) is 0.840. The molecule has 0 spiro atoms. The van der Waals surface area contributed by atoms with Gasteiger partial charge in [-0.25, -0.2) is 40.4 Å². The highest BCUT2D eigenvalue weighted by molar-refractivity contribution is 7.91. The Hall–Kier alpha value is -2.85. The minimum absolute atomic E-state index is 0.0620. The Kier molecular flexibility index (Phi) is 10.4. The summed E-state index contributed by atoms with van der Waals surface area (Å²) in [5, 5.41) is 3.67. The van der Waals surface area contributed by atoms with E-state index in [1.165, 1.54) is 0 Å². The van der Waals surface area contributed by atoms with E-state index in [0.717, 1.165) is 0 Å². The molecule has 0 aromatic heterocycles. The largest absolute Gasteiger partial charge is 0.464 e. The highest BCUT2D eigenvalue weighted by Gasteiger charge is 2.67. The molecular weight excluding hydrogens is 594 g/mol. The monoisotopic (exact) mass is 633 g/mol. The number of ether oxygens (including phenoxy) is 3. The summed E-state index contributed by atoms with van der Waals surface area (Å²) in [7, 11) is -3.89. The molecule has 3 aliphatic carbocycles. The van der Waals surface area contributed by atoms with E-state index in [2.05, 4.69) is 10.6 Å². The quantitative estimate of drug-likeness (QED) is 0.196. The molecule has 0 saturated heterocycles. The molecule has 3 N–H and O–H groups in total. The van der Waals surface area contributed by atoms with Gasteiger partial charge in [0.15, 0.2) is 0 Å². The Morgan fingerprint density at radius 3 is 1.55 bits per heavy atom. The van der Waals surface area contributed by atoms with E-state index in [9.17, 15) is 45.2 Å². The number of nitrogens with one attached hydrogen (secondary N) is 3. The standard InChI is InChI=1S/C13H20F2N2O5S.C12H19F2NO4/c1-12(2,3)22-11(19)16-13(6-8(13)9(14)15)10(18)17-23(20,21)7-4-5-7;1-5-18-9(16)12(6-7(12)8(13)14)15-10(17)19-11(2,3)4/h7-9H,4-6H2,1-3H3,(H,16,19)(H,17,18);7-8H,5-6H2,1-4H3,(H,15,17)/t8-,13+;7-,12+/m00/s1. The summed E-state index contributed by atoms with van der Waals surface area (Å²) in [6.45, 7) is 11.3. The van der Waals surface area contributed by atoms with E-state index < -0.39 is 86.3 Å². The van der Waals surface area contributed by atoms with Crippen LogP contribution in [0.15, 0.2) is 0 Å². The second-order valence-corrected chi connectivity index (χ2v) is 14.3. The first kappa shape index (κ1) is 35.3. The number of hydrogen-bond acceptors (Lipinski definition) is 9. The Morgan fingerprint density at radius 1 is 0.810 bits per heavy atom. The second kappa shape index (κ2) is 12.4. The average Bonchev–Trinajstić information content (AvgIpc) is 3.65. The third-order valence-electron chi connectivity index (χ3n) is 6.33. The molecule has 0 aliphatic heterocycles. The molecule has 0 bridgehead atoms. The van der Waals surface area contributed by atoms with Crippen LogP contribution in [-0.4, -0.2) is 79.5 Å². The zero-order chi connectivity index (χ0) is 32.5. The Morgan fingerprint density at radius 2 is 1.21 bits per heavy atom. The van der Waals surface area contributed by atoms with Gasteiger partial charge in [0.1, 0.15) is 22.3 Å². The number of esters is 1. The van der Waals surface area contributed by atoms with Gasteiger partial charge in [0.05, 0.1) is 23.7 Å². The van der Waals surface area contributed by atoms with Crippen molar-refractivity contribution in [2.45, 2.75) is 115 Å². The van der Waals surface area contributed by atoms with Crippen molar-refractivity contribution in [2.75, 3.05) is 6.61 Å². The lowest BCUT2D eigenvalue weighted by molar-refractivity contribution is -0.148. The van der Waals surface area contributed by atoms with Crippen LogP contribution in [0.2, 0.25) is 0 Å². The van der Waals surface area contributed by atoms with E-state index in [1.807, 2.05) is 0 Å². The molecule has 3 fully saturated rings. The number of halogens is 4. The van der Waals surface area contributed by atoms with E-state index in [1.54, 1.807) is 53.2 Å². The first-order valence-electron chi connectivity index (χ1n) is 13.3. The molecule has 12 nitrogen and oxygen atoms in total. The summed E-state index contributed by atoms with van der Waals surface area (Å²) < 4.78 is 91.4. The molecule has 0 aromatic rings. The lowest BCUT2D eigenvalue weighted by Crippen LogP contribution is -2.53. The molecular formula is C25H39F4N3O9S. The summed E-state index contributed by atoms with van der Waals surface area (Å²) >= 11 is 0. The summed E-state index contributed by atoms with van der Waals surface area (Å²) in [5.74, 6) is -4.64. The average molecular weight is 634 g/mol. The van der Waals surface area contributed by atoms with Crippen molar-refractivity contribution in [3.8, 4) is 0 Å². The molecule has 242 valence electrons. The zero-order valence-corrected chi connectivity index (χ0v) is 25.3. The van der Waals surface area contributed by atoms with Crippen molar-refractivity contribution in [2.24, 2.45) is 11.8 Å². The fourth-order valence-electron chi connectivity index (χ4n) is 3.99. The zero-order valence-electron chi connectivity index (χ0n) is 24.5. The number of amides is 3. The van der Waals surface area contributed by atoms with Gasteiger partial charge in [-0.1, -0.05) is 0 Å². The molecule has 3 aliphatic rings. The SMILES string of the molecule is CC(C)(C)OC(=O)N[C@]1(C(=O)NS(=O)(=O)C2CC2)C[C@H]1C(F)F.CCOC(=O)[C@@]1(NC(=O)OC(C)(C)C)C[C@H]1C(F)F. The second-order valence-electron chi connectivity index (χ2n) is 12.4. The first-order valence-corrected chi connectivity index (χ1v) is 14.9.